The number of anilines is 1. The fraction of sp³-hybridized carbons (Fsp3) is 0.368. The molecule has 0 saturated heterocycles. The Morgan fingerprint density at radius 1 is 1.30 bits per heavy atom. The topological polar surface area (TPSA) is 122 Å². The van der Waals surface area contributed by atoms with Crippen LogP contribution in [0.25, 0.3) is 0 Å². The molecule has 158 valence electrons. The van der Waals surface area contributed by atoms with Crippen LogP contribution in [0.15, 0.2) is 28.0 Å². The second-order valence-electron chi connectivity index (χ2n) is 6.70. The summed E-state index contributed by atoms with van der Waals surface area (Å²) in [5, 5.41) is 9.60. The fourth-order valence-corrected chi connectivity index (χ4v) is 5.16. The van der Waals surface area contributed by atoms with Crippen molar-refractivity contribution in [1.82, 2.24) is 14.8 Å². The van der Waals surface area contributed by atoms with Gasteiger partial charge in [-0.1, -0.05) is 11.8 Å². The van der Waals surface area contributed by atoms with Gasteiger partial charge in [-0.05, 0) is 25.0 Å². The molecule has 0 unspecified atom stereocenters. The lowest BCUT2D eigenvalue weighted by atomic mass is 10.1. The van der Waals surface area contributed by atoms with Crippen molar-refractivity contribution in [2.45, 2.75) is 36.2 Å². The number of aromatic nitrogens is 3. The zero-order valence-electron chi connectivity index (χ0n) is 16.4. The predicted octanol–water partition coefficient (Wildman–Crippen LogP) is 3.31. The Labute approximate surface area is 180 Å². The lowest BCUT2D eigenvalue weighted by molar-refractivity contribution is 0.0601. The third-order valence-corrected chi connectivity index (χ3v) is 6.76. The van der Waals surface area contributed by atoms with Crippen molar-refractivity contribution in [2.75, 3.05) is 20.0 Å². The molecule has 1 aliphatic carbocycles. The van der Waals surface area contributed by atoms with Crippen LogP contribution in [0, 0.1) is 0 Å². The maximum absolute atomic E-state index is 12.3. The van der Waals surface area contributed by atoms with Crippen molar-refractivity contribution in [3.8, 4) is 0 Å². The van der Waals surface area contributed by atoms with Crippen molar-refractivity contribution in [3.05, 3.63) is 46.0 Å². The number of hydrogen-bond donors (Lipinski definition) is 1. The number of rotatable bonds is 8. The number of nitrogens with zero attached hydrogens (tertiary/aromatic N) is 3. The summed E-state index contributed by atoms with van der Waals surface area (Å²) in [5.41, 5.74) is 6.67. The second kappa shape index (κ2) is 8.52. The van der Waals surface area contributed by atoms with E-state index < -0.39 is 11.9 Å². The van der Waals surface area contributed by atoms with Crippen molar-refractivity contribution in [3.63, 3.8) is 0 Å². The summed E-state index contributed by atoms with van der Waals surface area (Å²) in [6, 6.07) is 3.73. The van der Waals surface area contributed by atoms with E-state index in [-0.39, 0.29) is 21.2 Å². The average molecular weight is 449 g/mol. The van der Waals surface area contributed by atoms with Gasteiger partial charge in [-0.15, -0.1) is 21.5 Å². The molecule has 1 saturated carbocycles. The number of furan rings is 1. The molecular formula is C19H20N4O5S2. The molecule has 4 rings (SSSR count). The van der Waals surface area contributed by atoms with Gasteiger partial charge < -0.3 is 19.6 Å². The third-order valence-electron chi connectivity index (χ3n) is 4.72. The Hall–Kier alpha value is -2.79. The SMILES string of the molecule is COC(=O)c1sc(N)c(C(=O)OC)c1CSc1nnc(C2CC2)n1Cc1ccco1. The maximum Gasteiger partial charge on any atom is 0.348 e. The highest BCUT2D eigenvalue weighted by molar-refractivity contribution is 7.98. The van der Waals surface area contributed by atoms with Gasteiger partial charge in [0.1, 0.15) is 21.5 Å². The molecule has 9 nitrogen and oxygen atoms in total. The van der Waals surface area contributed by atoms with E-state index in [1.54, 1.807) is 6.26 Å². The van der Waals surface area contributed by atoms with E-state index in [0.29, 0.717) is 23.2 Å². The molecule has 0 spiro atoms. The molecule has 3 aromatic rings. The van der Waals surface area contributed by atoms with Crippen molar-refractivity contribution < 1.29 is 23.5 Å². The first-order valence-electron chi connectivity index (χ1n) is 9.19. The van der Waals surface area contributed by atoms with Gasteiger partial charge in [0.05, 0.1) is 32.6 Å². The Balaban J connectivity index is 1.65. The standard InChI is InChI=1S/C19H20N4O5S2/c1-26-17(24)13-12(14(18(25)27-2)30-15(13)20)9-29-19-22-21-16(10-5-6-10)23(19)8-11-4-3-7-28-11/h3-4,7,10H,5-6,8-9,20H2,1-2H3. The second-order valence-corrected chi connectivity index (χ2v) is 8.70. The quantitative estimate of drug-likeness (QED) is 0.408. The molecule has 0 aliphatic heterocycles. The van der Waals surface area contributed by atoms with Crippen LogP contribution in [0.2, 0.25) is 0 Å². The molecule has 0 radical (unpaired) electrons. The predicted molar refractivity (Wildman–Crippen MR) is 111 cm³/mol. The molecular weight excluding hydrogens is 428 g/mol. The Bertz CT molecular complexity index is 1070. The van der Waals surface area contributed by atoms with E-state index in [9.17, 15) is 9.59 Å². The van der Waals surface area contributed by atoms with Gasteiger partial charge in [0.2, 0.25) is 0 Å². The molecule has 0 bridgehead atoms. The summed E-state index contributed by atoms with van der Waals surface area (Å²) in [7, 11) is 2.56. The van der Waals surface area contributed by atoms with Crippen LogP contribution < -0.4 is 5.73 Å². The fourth-order valence-electron chi connectivity index (χ4n) is 3.10. The van der Waals surface area contributed by atoms with Crippen molar-refractivity contribution in [1.29, 1.82) is 0 Å². The molecule has 30 heavy (non-hydrogen) atoms. The van der Waals surface area contributed by atoms with Crippen molar-refractivity contribution in [2.24, 2.45) is 0 Å². The van der Waals surface area contributed by atoms with Gasteiger partial charge in [-0.25, -0.2) is 9.59 Å². The zero-order valence-corrected chi connectivity index (χ0v) is 18.0. The van der Waals surface area contributed by atoms with Crippen LogP contribution >= 0.6 is 23.1 Å². The highest BCUT2D eigenvalue weighted by Crippen LogP contribution is 2.41. The highest BCUT2D eigenvalue weighted by atomic mass is 32.2. The number of carbonyl (C=O) groups excluding carboxylic acids is 2. The van der Waals surface area contributed by atoms with Crippen LogP contribution in [-0.4, -0.2) is 40.9 Å². The summed E-state index contributed by atoms with van der Waals surface area (Å²) in [5.74, 6) is 1.25. The smallest absolute Gasteiger partial charge is 0.348 e. The molecule has 0 amide bonds. The van der Waals surface area contributed by atoms with E-state index in [2.05, 4.69) is 10.2 Å². The lowest BCUT2D eigenvalue weighted by Gasteiger charge is -2.09. The Kier molecular flexibility index (Phi) is 5.82. The molecule has 0 atom stereocenters. The number of nitrogens with two attached hydrogens (primary N) is 1. The number of ether oxygens (including phenoxy) is 2. The molecule has 3 heterocycles. The monoisotopic (exact) mass is 448 g/mol. The van der Waals surface area contributed by atoms with Gasteiger partial charge in [0.25, 0.3) is 0 Å². The number of hydrogen-bond acceptors (Lipinski definition) is 10. The minimum Gasteiger partial charge on any atom is -0.467 e. The minimum absolute atomic E-state index is 0.190. The normalized spacial score (nSPS) is 13.4. The average Bonchev–Trinajstić information content (AvgIpc) is 3.16. The number of carbonyl (C=O) groups is 2. The Morgan fingerprint density at radius 2 is 2.07 bits per heavy atom. The molecule has 11 heteroatoms. The highest BCUT2D eigenvalue weighted by Gasteiger charge is 2.32. The number of nitrogen functional groups attached to an aromatic ring is 1. The minimum atomic E-state index is -0.592. The number of esters is 2. The van der Waals surface area contributed by atoms with Gasteiger partial charge in [-0.3, -0.25) is 4.57 Å². The van der Waals surface area contributed by atoms with E-state index in [1.807, 2.05) is 16.7 Å². The number of thioether (sulfide) groups is 1. The first kappa shape index (κ1) is 20.5. The molecule has 0 aromatic carbocycles. The molecule has 3 aromatic heterocycles. The molecule has 1 aliphatic rings. The summed E-state index contributed by atoms with van der Waals surface area (Å²) >= 11 is 2.38. The first-order chi connectivity index (χ1) is 14.5. The van der Waals surface area contributed by atoms with Crippen LogP contribution in [0.5, 0.6) is 0 Å². The zero-order chi connectivity index (χ0) is 21.3. The van der Waals surface area contributed by atoms with Crippen LogP contribution in [0.3, 0.4) is 0 Å². The van der Waals surface area contributed by atoms with E-state index in [0.717, 1.165) is 35.8 Å². The summed E-state index contributed by atoms with van der Waals surface area (Å²) < 4.78 is 17.2. The first-order valence-corrected chi connectivity index (χ1v) is 11.0. The van der Waals surface area contributed by atoms with E-state index in [4.69, 9.17) is 19.6 Å². The van der Waals surface area contributed by atoms with E-state index >= 15 is 0 Å². The van der Waals surface area contributed by atoms with Crippen LogP contribution in [0.1, 0.15) is 55.9 Å². The Morgan fingerprint density at radius 3 is 2.70 bits per heavy atom. The summed E-state index contributed by atoms with van der Waals surface area (Å²) in [4.78, 5) is 24.8. The lowest BCUT2D eigenvalue weighted by Crippen LogP contribution is -2.09. The largest absolute Gasteiger partial charge is 0.467 e. The van der Waals surface area contributed by atoms with Gasteiger partial charge in [0.15, 0.2) is 5.16 Å². The van der Waals surface area contributed by atoms with Gasteiger partial charge >= 0.3 is 11.9 Å². The van der Waals surface area contributed by atoms with Gasteiger partial charge in [-0.2, -0.15) is 0 Å². The summed E-state index contributed by atoms with van der Waals surface area (Å²) in [6.45, 7) is 0.508. The number of thiophene rings is 1. The summed E-state index contributed by atoms with van der Waals surface area (Å²) in [6.07, 6.45) is 3.80. The molecule has 2 N–H and O–H groups in total. The van der Waals surface area contributed by atoms with Crippen LogP contribution in [-0.2, 0) is 21.8 Å². The van der Waals surface area contributed by atoms with E-state index in [1.165, 1.54) is 26.0 Å². The van der Waals surface area contributed by atoms with Crippen LogP contribution in [0.4, 0.5) is 5.00 Å². The molecule has 1 fully saturated rings. The maximum atomic E-state index is 12.3. The third kappa shape index (κ3) is 3.94. The number of methoxy groups -OCH3 is 2. The van der Waals surface area contributed by atoms with Gasteiger partial charge in [0, 0.05) is 17.2 Å². The van der Waals surface area contributed by atoms with Crippen molar-refractivity contribution >= 4 is 40.0 Å².